The first kappa shape index (κ1) is 19.8. The van der Waals surface area contributed by atoms with Crippen molar-refractivity contribution in [2.75, 3.05) is 26.3 Å². The van der Waals surface area contributed by atoms with Crippen LogP contribution < -0.4 is 4.72 Å². The number of ether oxygens (including phenoxy) is 1. The largest absolute Gasteiger partial charge is 0.378 e. The van der Waals surface area contributed by atoms with E-state index in [1.807, 2.05) is 0 Å². The number of allylic oxidation sites excluding steroid dienone is 2. The van der Waals surface area contributed by atoms with E-state index in [9.17, 15) is 18.0 Å². The van der Waals surface area contributed by atoms with Crippen LogP contribution >= 0.6 is 15.9 Å². The van der Waals surface area contributed by atoms with Crippen LogP contribution in [0.25, 0.3) is 0 Å². The van der Waals surface area contributed by atoms with Gasteiger partial charge in [-0.3, -0.25) is 14.3 Å². The molecule has 0 radical (unpaired) electrons. The minimum atomic E-state index is -4.07. The number of sulfonamides is 1. The molecule has 0 spiro atoms. The number of nitrogens with one attached hydrogen (secondary N) is 1. The summed E-state index contributed by atoms with van der Waals surface area (Å²) in [6.45, 7) is 1.55. The highest BCUT2D eigenvalue weighted by molar-refractivity contribution is 9.10. The molecule has 1 saturated heterocycles. The standard InChI is InChI=1S/C20H17BrN2O5S/c21-13-5-7-14(8-6-13)29(26,27)22-17-18(23-9-11-28-12-10-23)20(25)16-4-2-1-3-15(16)19(17)24/h1-8,22H,9-12H2. The van der Waals surface area contributed by atoms with Crippen LogP contribution in [0.3, 0.4) is 0 Å². The SMILES string of the molecule is O=C1C(NS(=O)(=O)c2ccc(Br)cc2)=C(N2CCOCC2)C(=O)c2ccccc21. The molecule has 7 nitrogen and oxygen atoms in total. The molecule has 9 heteroatoms. The highest BCUT2D eigenvalue weighted by Crippen LogP contribution is 2.29. The van der Waals surface area contributed by atoms with Crippen LogP contribution in [-0.4, -0.2) is 51.2 Å². The zero-order valence-corrected chi connectivity index (χ0v) is 17.6. The number of fused-ring (bicyclic) bond motifs is 1. The zero-order valence-electron chi connectivity index (χ0n) is 15.2. The molecule has 1 aliphatic carbocycles. The second kappa shape index (κ2) is 7.74. The Morgan fingerprint density at radius 1 is 0.897 bits per heavy atom. The van der Waals surface area contributed by atoms with Crippen molar-refractivity contribution in [1.82, 2.24) is 9.62 Å². The molecule has 4 rings (SSSR count). The molecular formula is C20H17BrN2O5S. The van der Waals surface area contributed by atoms with Crippen molar-refractivity contribution in [3.8, 4) is 0 Å². The predicted octanol–water partition coefficient (Wildman–Crippen LogP) is 2.35. The summed E-state index contributed by atoms with van der Waals surface area (Å²) in [6.07, 6.45) is 0. The van der Waals surface area contributed by atoms with Crippen LogP contribution in [0.2, 0.25) is 0 Å². The normalized spacial score (nSPS) is 17.3. The van der Waals surface area contributed by atoms with Gasteiger partial charge in [0.15, 0.2) is 0 Å². The van der Waals surface area contributed by atoms with Gasteiger partial charge >= 0.3 is 0 Å². The first-order valence-electron chi connectivity index (χ1n) is 8.92. The molecule has 0 saturated carbocycles. The van der Waals surface area contributed by atoms with E-state index in [0.717, 1.165) is 4.47 Å². The Labute approximate surface area is 176 Å². The van der Waals surface area contributed by atoms with Crippen molar-refractivity contribution in [2.24, 2.45) is 0 Å². The molecule has 2 aliphatic rings. The van der Waals surface area contributed by atoms with E-state index in [-0.39, 0.29) is 33.2 Å². The lowest BCUT2D eigenvalue weighted by molar-refractivity contribution is 0.0494. The molecule has 29 heavy (non-hydrogen) atoms. The molecule has 1 heterocycles. The summed E-state index contributed by atoms with van der Waals surface area (Å²) < 4.78 is 34.3. The number of carbonyl (C=O) groups excluding carboxylic acids is 2. The van der Waals surface area contributed by atoms with Gasteiger partial charge in [0.25, 0.3) is 10.0 Å². The third kappa shape index (κ3) is 3.73. The third-order valence-corrected chi connectivity index (χ3v) is 6.68. The van der Waals surface area contributed by atoms with Crippen LogP contribution in [0.15, 0.2) is 69.3 Å². The summed E-state index contributed by atoms with van der Waals surface area (Å²) in [4.78, 5) is 28.1. The maximum atomic E-state index is 13.2. The van der Waals surface area contributed by atoms with Gasteiger partial charge in [0.05, 0.1) is 18.1 Å². The lowest BCUT2D eigenvalue weighted by Crippen LogP contribution is -2.44. The van der Waals surface area contributed by atoms with E-state index in [1.54, 1.807) is 35.2 Å². The molecule has 1 fully saturated rings. The van der Waals surface area contributed by atoms with Crippen molar-refractivity contribution < 1.29 is 22.7 Å². The molecule has 0 unspecified atom stereocenters. The van der Waals surface area contributed by atoms with Gasteiger partial charge in [-0.2, -0.15) is 0 Å². The van der Waals surface area contributed by atoms with E-state index >= 15 is 0 Å². The number of morpholine rings is 1. The van der Waals surface area contributed by atoms with Crippen LogP contribution in [0.1, 0.15) is 20.7 Å². The average Bonchev–Trinajstić information content (AvgIpc) is 2.73. The Hall–Kier alpha value is -2.49. The number of benzene rings is 2. The molecule has 1 N–H and O–H groups in total. The van der Waals surface area contributed by atoms with Gasteiger partial charge in [0.2, 0.25) is 11.6 Å². The predicted molar refractivity (Wildman–Crippen MR) is 109 cm³/mol. The number of halogens is 1. The lowest BCUT2D eigenvalue weighted by Gasteiger charge is -2.33. The molecular weight excluding hydrogens is 460 g/mol. The van der Waals surface area contributed by atoms with E-state index in [4.69, 9.17) is 4.74 Å². The molecule has 0 aromatic heterocycles. The molecule has 0 atom stereocenters. The number of nitrogens with zero attached hydrogens (tertiary/aromatic N) is 1. The summed E-state index contributed by atoms with van der Waals surface area (Å²) >= 11 is 3.27. The van der Waals surface area contributed by atoms with Gasteiger partial charge in [-0.15, -0.1) is 0 Å². The van der Waals surface area contributed by atoms with Gasteiger partial charge < -0.3 is 9.64 Å². The molecule has 2 aromatic rings. The quantitative estimate of drug-likeness (QED) is 0.727. The molecule has 2 aromatic carbocycles. The van der Waals surface area contributed by atoms with E-state index in [1.165, 1.54) is 18.2 Å². The first-order valence-corrected chi connectivity index (χ1v) is 11.2. The van der Waals surface area contributed by atoms with Gasteiger partial charge in [-0.1, -0.05) is 40.2 Å². The molecule has 0 amide bonds. The number of Topliss-reactive ketones (excluding diaryl/α,β-unsaturated/α-hetero) is 2. The third-order valence-electron chi connectivity index (χ3n) is 4.78. The summed E-state index contributed by atoms with van der Waals surface area (Å²) in [6, 6.07) is 12.5. The van der Waals surface area contributed by atoms with Gasteiger partial charge in [-0.25, -0.2) is 8.42 Å². The minimum Gasteiger partial charge on any atom is -0.378 e. The van der Waals surface area contributed by atoms with Crippen molar-refractivity contribution in [2.45, 2.75) is 4.90 Å². The summed E-state index contributed by atoms with van der Waals surface area (Å²) in [5.41, 5.74) is 0.296. The van der Waals surface area contributed by atoms with Crippen LogP contribution in [0.5, 0.6) is 0 Å². The van der Waals surface area contributed by atoms with Crippen molar-refractivity contribution >= 4 is 37.5 Å². The Morgan fingerprint density at radius 3 is 2.10 bits per heavy atom. The Bertz CT molecular complexity index is 1120. The number of hydrogen-bond donors (Lipinski definition) is 1. The second-order valence-electron chi connectivity index (χ2n) is 6.59. The molecule has 0 bridgehead atoms. The van der Waals surface area contributed by atoms with E-state index in [2.05, 4.69) is 20.7 Å². The first-order chi connectivity index (χ1) is 13.9. The Balaban J connectivity index is 1.82. The van der Waals surface area contributed by atoms with Gasteiger partial charge in [0, 0.05) is 28.7 Å². The highest BCUT2D eigenvalue weighted by atomic mass is 79.9. The van der Waals surface area contributed by atoms with Gasteiger partial charge in [-0.05, 0) is 24.3 Å². The monoisotopic (exact) mass is 476 g/mol. The summed E-state index contributed by atoms with van der Waals surface area (Å²) in [7, 11) is -4.07. The fourth-order valence-corrected chi connectivity index (χ4v) is 4.69. The van der Waals surface area contributed by atoms with E-state index in [0.29, 0.717) is 26.3 Å². The second-order valence-corrected chi connectivity index (χ2v) is 9.18. The number of rotatable bonds is 4. The number of carbonyl (C=O) groups is 2. The van der Waals surface area contributed by atoms with Crippen LogP contribution in [0, 0.1) is 0 Å². The number of hydrogen-bond acceptors (Lipinski definition) is 6. The summed E-state index contributed by atoms with van der Waals surface area (Å²) in [5, 5.41) is 0. The van der Waals surface area contributed by atoms with Crippen molar-refractivity contribution in [1.29, 1.82) is 0 Å². The maximum absolute atomic E-state index is 13.2. The Kier molecular flexibility index (Phi) is 5.28. The summed E-state index contributed by atoms with van der Waals surface area (Å²) in [5.74, 6) is -0.905. The van der Waals surface area contributed by atoms with Gasteiger partial charge in [0.1, 0.15) is 11.4 Å². The lowest BCUT2D eigenvalue weighted by atomic mass is 9.90. The minimum absolute atomic E-state index is 0.00589. The fourth-order valence-electron chi connectivity index (χ4n) is 3.35. The van der Waals surface area contributed by atoms with Crippen LogP contribution in [0.4, 0.5) is 0 Å². The smallest absolute Gasteiger partial charge is 0.262 e. The zero-order chi connectivity index (χ0) is 20.6. The average molecular weight is 477 g/mol. The van der Waals surface area contributed by atoms with Crippen molar-refractivity contribution in [3.05, 3.63) is 75.5 Å². The van der Waals surface area contributed by atoms with E-state index < -0.39 is 15.8 Å². The topological polar surface area (TPSA) is 92.8 Å². The molecule has 150 valence electrons. The van der Waals surface area contributed by atoms with Crippen LogP contribution in [-0.2, 0) is 14.8 Å². The Morgan fingerprint density at radius 2 is 1.48 bits per heavy atom. The number of ketones is 2. The highest BCUT2D eigenvalue weighted by Gasteiger charge is 2.37. The van der Waals surface area contributed by atoms with Crippen molar-refractivity contribution in [3.63, 3.8) is 0 Å². The molecule has 1 aliphatic heterocycles. The fraction of sp³-hybridized carbons (Fsp3) is 0.200. The maximum Gasteiger partial charge on any atom is 0.262 e.